The first kappa shape index (κ1) is 11.1. The van der Waals surface area contributed by atoms with Crippen LogP contribution in [0.4, 0.5) is 0 Å². The van der Waals surface area contributed by atoms with Crippen LogP contribution in [0, 0.1) is 0 Å². The molecular weight excluding hydrogens is 222 g/mol. The van der Waals surface area contributed by atoms with Crippen molar-refractivity contribution in [1.29, 1.82) is 0 Å². The Morgan fingerprint density at radius 3 is 2.50 bits per heavy atom. The van der Waals surface area contributed by atoms with E-state index in [0.29, 0.717) is 5.88 Å². The van der Waals surface area contributed by atoms with Crippen molar-refractivity contribution in [2.45, 2.75) is 25.8 Å². The second-order valence-corrected chi connectivity index (χ2v) is 3.95. The molecule has 1 aromatic heterocycles. The van der Waals surface area contributed by atoms with Gasteiger partial charge in [-0.25, -0.2) is 0 Å². The van der Waals surface area contributed by atoms with E-state index in [-0.39, 0.29) is 0 Å². The van der Waals surface area contributed by atoms with Crippen molar-refractivity contribution in [3.05, 3.63) is 47.5 Å². The standard InChI is InChI=1S/C12H14ClN3/c1-2-10-3-5-11(6-4-10)8-16-9-14-15-12(16)7-13/h3-6,9H,2,7-8H2,1H3. The fourth-order valence-electron chi connectivity index (χ4n) is 1.59. The first-order chi connectivity index (χ1) is 7.83. The molecule has 0 unspecified atom stereocenters. The summed E-state index contributed by atoms with van der Waals surface area (Å²) >= 11 is 5.76. The van der Waals surface area contributed by atoms with E-state index < -0.39 is 0 Å². The van der Waals surface area contributed by atoms with E-state index >= 15 is 0 Å². The van der Waals surface area contributed by atoms with Crippen LogP contribution in [0.2, 0.25) is 0 Å². The third-order valence-electron chi connectivity index (χ3n) is 2.60. The zero-order valence-corrected chi connectivity index (χ0v) is 9.98. The summed E-state index contributed by atoms with van der Waals surface area (Å²) in [6.07, 6.45) is 2.78. The Bertz CT molecular complexity index is 448. The van der Waals surface area contributed by atoms with Gasteiger partial charge in [0.15, 0.2) is 0 Å². The summed E-state index contributed by atoms with van der Waals surface area (Å²) in [5.41, 5.74) is 2.59. The third kappa shape index (κ3) is 2.42. The van der Waals surface area contributed by atoms with Crippen molar-refractivity contribution in [3.63, 3.8) is 0 Å². The Balaban J connectivity index is 2.14. The lowest BCUT2D eigenvalue weighted by Crippen LogP contribution is -2.02. The molecule has 16 heavy (non-hydrogen) atoms. The van der Waals surface area contributed by atoms with Crippen molar-refractivity contribution in [2.75, 3.05) is 0 Å². The van der Waals surface area contributed by atoms with Gasteiger partial charge in [0, 0.05) is 0 Å². The van der Waals surface area contributed by atoms with Gasteiger partial charge in [-0.15, -0.1) is 21.8 Å². The Labute approximate surface area is 100 Å². The predicted molar refractivity (Wildman–Crippen MR) is 64.5 cm³/mol. The molecule has 0 fully saturated rings. The number of aryl methyl sites for hydroxylation is 1. The van der Waals surface area contributed by atoms with Crippen LogP contribution in [0.5, 0.6) is 0 Å². The van der Waals surface area contributed by atoms with Crippen LogP contribution in [0.3, 0.4) is 0 Å². The fourth-order valence-corrected chi connectivity index (χ4v) is 1.80. The maximum absolute atomic E-state index is 5.76. The Morgan fingerprint density at radius 2 is 1.88 bits per heavy atom. The number of nitrogens with zero attached hydrogens (tertiary/aromatic N) is 3. The van der Waals surface area contributed by atoms with E-state index in [1.54, 1.807) is 6.33 Å². The lowest BCUT2D eigenvalue weighted by Gasteiger charge is -2.05. The van der Waals surface area contributed by atoms with Gasteiger partial charge in [-0.2, -0.15) is 0 Å². The molecule has 0 spiro atoms. The molecule has 0 saturated carbocycles. The topological polar surface area (TPSA) is 30.7 Å². The SMILES string of the molecule is CCc1ccc(Cn2cnnc2CCl)cc1. The average molecular weight is 236 g/mol. The molecule has 84 valence electrons. The summed E-state index contributed by atoms with van der Waals surface area (Å²) in [4.78, 5) is 0. The average Bonchev–Trinajstić information content (AvgIpc) is 2.77. The van der Waals surface area contributed by atoms with Gasteiger partial charge < -0.3 is 4.57 Å². The van der Waals surface area contributed by atoms with Crippen LogP contribution in [0.1, 0.15) is 23.9 Å². The van der Waals surface area contributed by atoms with E-state index in [9.17, 15) is 0 Å². The van der Waals surface area contributed by atoms with Crippen molar-refractivity contribution in [2.24, 2.45) is 0 Å². The van der Waals surface area contributed by atoms with E-state index in [0.717, 1.165) is 18.8 Å². The normalized spacial score (nSPS) is 10.6. The van der Waals surface area contributed by atoms with Crippen molar-refractivity contribution >= 4 is 11.6 Å². The van der Waals surface area contributed by atoms with Crippen LogP contribution >= 0.6 is 11.6 Å². The highest BCUT2D eigenvalue weighted by molar-refractivity contribution is 6.16. The largest absolute Gasteiger partial charge is 0.312 e. The van der Waals surface area contributed by atoms with Gasteiger partial charge in [-0.05, 0) is 17.5 Å². The zero-order valence-electron chi connectivity index (χ0n) is 9.23. The zero-order chi connectivity index (χ0) is 11.4. The predicted octanol–water partition coefficient (Wildman–Crippen LogP) is 2.63. The lowest BCUT2D eigenvalue weighted by molar-refractivity contribution is 0.754. The van der Waals surface area contributed by atoms with Crippen LogP contribution in [-0.2, 0) is 18.8 Å². The van der Waals surface area contributed by atoms with E-state index in [1.807, 2.05) is 4.57 Å². The summed E-state index contributed by atoms with van der Waals surface area (Å²) in [7, 11) is 0. The van der Waals surface area contributed by atoms with Crippen molar-refractivity contribution < 1.29 is 0 Å². The fraction of sp³-hybridized carbons (Fsp3) is 0.333. The molecule has 0 atom stereocenters. The molecule has 3 nitrogen and oxygen atoms in total. The van der Waals surface area contributed by atoms with Gasteiger partial charge in [0.1, 0.15) is 12.2 Å². The molecule has 1 heterocycles. The van der Waals surface area contributed by atoms with Crippen LogP contribution in [0.15, 0.2) is 30.6 Å². The smallest absolute Gasteiger partial charge is 0.148 e. The van der Waals surface area contributed by atoms with Crippen molar-refractivity contribution in [1.82, 2.24) is 14.8 Å². The number of hydrogen-bond donors (Lipinski definition) is 0. The first-order valence-electron chi connectivity index (χ1n) is 5.34. The quantitative estimate of drug-likeness (QED) is 0.763. The molecule has 0 N–H and O–H groups in total. The number of rotatable bonds is 4. The molecule has 0 amide bonds. The van der Waals surface area contributed by atoms with Crippen LogP contribution in [-0.4, -0.2) is 14.8 Å². The summed E-state index contributed by atoms with van der Waals surface area (Å²) in [6, 6.07) is 8.58. The van der Waals surface area contributed by atoms with Crippen LogP contribution < -0.4 is 0 Å². The molecular formula is C12H14ClN3. The number of benzene rings is 1. The minimum atomic E-state index is 0.396. The van der Waals surface area contributed by atoms with Gasteiger partial charge in [0.05, 0.1) is 12.4 Å². The first-order valence-corrected chi connectivity index (χ1v) is 5.87. The number of hydrogen-bond acceptors (Lipinski definition) is 2. The molecule has 0 saturated heterocycles. The van der Waals surface area contributed by atoms with Gasteiger partial charge in [-0.3, -0.25) is 0 Å². The van der Waals surface area contributed by atoms with Gasteiger partial charge in [0.2, 0.25) is 0 Å². The highest BCUT2D eigenvalue weighted by Gasteiger charge is 2.02. The monoisotopic (exact) mass is 235 g/mol. The Morgan fingerprint density at radius 1 is 1.19 bits per heavy atom. The molecule has 4 heteroatoms. The van der Waals surface area contributed by atoms with Gasteiger partial charge in [-0.1, -0.05) is 31.2 Å². The maximum atomic E-state index is 5.76. The molecule has 2 rings (SSSR count). The highest BCUT2D eigenvalue weighted by Crippen LogP contribution is 2.08. The molecule has 0 radical (unpaired) electrons. The minimum Gasteiger partial charge on any atom is -0.312 e. The summed E-state index contributed by atoms with van der Waals surface area (Å²) in [6.45, 7) is 2.93. The number of alkyl halides is 1. The summed E-state index contributed by atoms with van der Waals surface area (Å²) < 4.78 is 1.97. The van der Waals surface area contributed by atoms with Gasteiger partial charge >= 0.3 is 0 Å². The molecule has 0 aliphatic rings. The molecule has 2 aromatic rings. The molecule has 1 aromatic carbocycles. The maximum Gasteiger partial charge on any atom is 0.148 e. The van der Waals surface area contributed by atoms with E-state index in [1.165, 1.54) is 11.1 Å². The Hall–Kier alpha value is -1.35. The number of aromatic nitrogens is 3. The summed E-state index contributed by atoms with van der Waals surface area (Å²) in [5, 5.41) is 7.80. The molecule has 0 aliphatic heterocycles. The van der Waals surface area contributed by atoms with Crippen LogP contribution in [0.25, 0.3) is 0 Å². The van der Waals surface area contributed by atoms with Gasteiger partial charge in [0.25, 0.3) is 0 Å². The minimum absolute atomic E-state index is 0.396. The highest BCUT2D eigenvalue weighted by atomic mass is 35.5. The second-order valence-electron chi connectivity index (χ2n) is 3.68. The lowest BCUT2D eigenvalue weighted by atomic mass is 10.1. The molecule has 0 bridgehead atoms. The van der Waals surface area contributed by atoms with E-state index in [4.69, 9.17) is 11.6 Å². The number of halogens is 1. The molecule has 0 aliphatic carbocycles. The second kappa shape index (κ2) is 5.12. The third-order valence-corrected chi connectivity index (χ3v) is 2.84. The summed E-state index contributed by atoms with van der Waals surface area (Å²) in [5.74, 6) is 1.20. The van der Waals surface area contributed by atoms with E-state index in [2.05, 4.69) is 41.4 Å². The van der Waals surface area contributed by atoms with Crippen molar-refractivity contribution in [3.8, 4) is 0 Å². The Kier molecular flexibility index (Phi) is 3.57.